The Morgan fingerprint density at radius 3 is 1.75 bits per heavy atom. The zero-order valence-corrected chi connectivity index (χ0v) is 30.8. The molecule has 0 aliphatic carbocycles. The summed E-state index contributed by atoms with van der Waals surface area (Å²) in [5, 5.41) is 10.1. The molecule has 0 aliphatic heterocycles. The fraction of sp³-hybridized carbons (Fsp3) is 0.0370. The Hall–Kier alpha value is -6.96. The van der Waals surface area contributed by atoms with E-state index in [0.29, 0.717) is 0 Å². The lowest BCUT2D eigenvalue weighted by Gasteiger charge is -2.28. The van der Waals surface area contributed by atoms with Gasteiger partial charge in [-0.1, -0.05) is 182 Å². The fourth-order valence-corrected chi connectivity index (χ4v) is 8.71. The van der Waals surface area contributed by atoms with Gasteiger partial charge in [-0.2, -0.15) is 0 Å². The largest absolute Gasteiger partial charge is 0.337 e. The molecule has 0 amide bonds. The highest BCUT2D eigenvalue weighted by atomic mass is 15.1. The average Bonchev–Trinajstić information content (AvgIpc) is 3.25. The molecule has 0 atom stereocenters. The lowest BCUT2D eigenvalue weighted by molar-refractivity contribution is 0.977. The molecule has 0 unspecified atom stereocenters. The van der Waals surface area contributed by atoms with Gasteiger partial charge in [0.1, 0.15) is 0 Å². The first-order valence-corrected chi connectivity index (χ1v) is 19.1. The molecule has 0 saturated heterocycles. The first-order chi connectivity index (χ1) is 27.2. The van der Waals surface area contributed by atoms with Gasteiger partial charge in [0.25, 0.3) is 0 Å². The third-order valence-electron chi connectivity index (χ3n) is 11.3. The minimum atomic E-state index is 0.756. The van der Waals surface area contributed by atoms with Crippen LogP contribution in [0.3, 0.4) is 0 Å². The van der Waals surface area contributed by atoms with E-state index >= 15 is 0 Å². The minimum absolute atomic E-state index is 0.756. The molecule has 55 heavy (non-hydrogen) atoms. The topological polar surface area (TPSA) is 3.24 Å². The van der Waals surface area contributed by atoms with Crippen molar-refractivity contribution in [3.8, 4) is 33.4 Å². The maximum absolute atomic E-state index is 2.45. The quantitative estimate of drug-likeness (QED) is 0.150. The molecule has 0 heterocycles. The molecular formula is C54H39N. The summed E-state index contributed by atoms with van der Waals surface area (Å²) in [7, 11) is 0. The summed E-state index contributed by atoms with van der Waals surface area (Å²) in [6, 6.07) is 75.6. The first kappa shape index (κ1) is 32.7. The van der Waals surface area contributed by atoms with Crippen molar-refractivity contribution in [1.82, 2.24) is 0 Å². The molecule has 0 radical (unpaired) electrons. The molecule has 0 N–H and O–H groups in total. The molecule has 10 aromatic carbocycles. The molecule has 10 rings (SSSR count). The molecular weight excluding hydrogens is 663 g/mol. The number of hydrogen-bond donors (Lipinski definition) is 0. The summed E-state index contributed by atoms with van der Waals surface area (Å²) < 4.78 is 0. The Balaban J connectivity index is 1.20. The Kier molecular flexibility index (Phi) is 8.19. The smallest absolute Gasteiger partial charge is 0.0488 e. The predicted molar refractivity (Wildman–Crippen MR) is 236 cm³/mol. The van der Waals surface area contributed by atoms with Gasteiger partial charge in [-0.15, -0.1) is 0 Å². The summed E-state index contributed by atoms with van der Waals surface area (Å²) in [5.74, 6) is 0. The second kappa shape index (κ2) is 13.8. The summed E-state index contributed by atoms with van der Waals surface area (Å²) in [6.45, 7) is 2.96. The van der Waals surface area contributed by atoms with E-state index in [-0.39, 0.29) is 0 Å². The molecule has 0 saturated carbocycles. The fourth-order valence-electron chi connectivity index (χ4n) is 8.71. The molecule has 0 fully saturated rings. The van der Waals surface area contributed by atoms with Crippen LogP contribution in [-0.4, -0.2) is 0 Å². The van der Waals surface area contributed by atoms with Gasteiger partial charge in [-0.3, -0.25) is 0 Å². The third-order valence-corrected chi connectivity index (χ3v) is 11.3. The molecule has 1 nitrogen and oxygen atoms in total. The number of nitrogens with zero attached hydrogens (tertiary/aromatic N) is 1. The van der Waals surface area contributed by atoms with Crippen LogP contribution in [0.1, 0.15) is 11.1 Å². The molecule has 0 aromatic heterocycles. The summed E-state index contributed by atoms with van der Waals surface area (Å²) in [4.78, 5) is 2.44. The molecule has 0 aliphatic rings. The molecule has 10 aromatic rings. The average molecular weight is 702 g/mol. The van der Waals surface area contributed by atoms with Crippen molar-refractivity contribution in [2.75, 3.05) is 4.90 Å². The molecule has 1 heteroatoms. The van der Waals surface area contributed by atoms with Gasteiger partial charge in [0.15, 0.2) is 0 Å². The number of anilines is 2. The van der Waals surface area contributed by atoms with Crippen LogP contribution < -0.4 is 4.90 Å². The van der Waals surface area contributed by atoms with E-state index in [4.69, 9.17) is 0 Å². The van der Waals surface area contributed by atoms with E-state index < -0.39 is 0 Å². The van der Waals surface area contributed by atoms with Crippen molar-refractivity contribution in [2.45, 2.75) is 13.5 Å². The van der Waals surface area contributed by atoms with Crippen LogP contribution in [-0.2, 0) is 6.54 Å². The van der Waals surface area contributed by atoms with E-state index in [1.807, 2.05) is 0 Å². The predicted octanol–water partition coefficient (Wildman–Crippen LogP) is 14.9. The van der Waals surface area contributed by atoms with Gasteiger partial charge in [-0.25, -0.2) is 0 Å². The van der Waals surface area contributed by atoms with Crippen molar-refractivity contribution in [1.29, 1.82) is 0 Å². The number of para-hydroxylation sites is 2. The zero-order chi connectivity index (χ0) is 36.7. The highest BCUT2D eigenvalue weighted by molar-refractivity contribution is 6.24. The second-order valence-corrected chi connectivity index (χ2v) is 14.5. The number of aryl methyl sites for hydroxylation is 1. The highest BCUT2D eigenvalue weighted by Gasteiger charge is 2.20. The Morgan fingerprint density at radius 1 is 0.364 bits per heavy atom. The van der Waals surface area contributed by atoms with Crippen LogP contribution in [0.25, 0.3) is 76.5 Å². The van der Waals surface area contributed by atoms with Gasteiger partial charge in [0, 0.05) is 17.9 Å². The SMILES string of the molecule is Cc1ccccc1N(Cc1ccc(-c2ccc3c(-c4cccc5ccccc45)c4ccccc4c(-c4ccccc4)c3c2)c2ccccc12)c1ccccc1. The molecule has 0 bridgehead atoms. The van der Waals surface area contributed by atoms with Crippen LogP contribution in [0.4, 0.5) is 11.4 Å². The zero-order valence-electron chi connectivity index (χ0n) is 30.8. The van der Waals surface area contributed by atoms with E-state index in [9.17, 15) is 0 Å². The molecule has 0 spiro atoms. The van der Waals surface area contributed by atoms with Crippen LogP contribution in [0, 0.1) is 6.92 Å². The van der Waals surface area contributed by atoms with Crippen LogP contribution >= 0.6 is 0 Å². The number of fused-ring (bicyclic) bond motifs is 4. The third kappa shape index (κ3) is 5.73. The number of hydrogen-bond acceptors (Lipinski definition) is 1. The summed E-state index contributed by atoms with van der Waals surface area (Å²) in [5.41, 5.74) is 12.4. The van der Waals surface area contributed by atoms with Crippen molar-refractivity contribution >= 4 is 54.5 Å². The Bertz CT molecular complexity index is 3010. The van der Waals surface area contributed by atoms with Gasteiger partial charge >= 0.3 is 0 Å². The number of benzene rings is 10. The lowest BCUT2D eigenvalue weighted by atomic mass is 9.83. The summed E-state index contributed by atoms with van der Waals surface area (Å²) >= 11 is 0. The Morgan fingerprint density at radius 2 is 0.964 bits per heavy atom. The van der Waals surface area contributed by atoms with E-state index in [0.717, 1.165) is 6.54 Å². The maximum atomic E-state index is 2.45. The summed E-state index contributed by atoms with van der Waals surface area (Å²) in [6.07, 6.45) is 0. The maximum Gasteiger partial charge on any atom is 0.0488 e. The van der Waals surface area contributed by atoms with Gasteiger partial charge in [0.2, 0.25) is 0 Å². The van der Waals surface area contributed by atoms with Gasteiger partial charge in [-0.05, 0) is 119 Å². The van der Waals surface area contributed by atoms with Crippen molar-refractivity contribution < 1.29 is 0 Å². The first-order valence-electron chi connectivity index (χ1n) is 19.1. The normalized spacial score (nSPS) is 11.4. The minimum Gasteiger partial charge on any atom is -0.337 e. The highest BCUT2D eigenvalue weighted by Crippen LogP contribution is 2.47. The second-order valence-electron chi connectivity index (χ2n) is 14.5. The van der Waals surface area contributed by atoms with Gasteiger partial charge < -0.3 is 4.90 Å². The Labute approximate surface area is 322 Å². The van der Waals surface area contributed by atoms with E-state index in [1.54, 1.807) is 0 Å². The lowest BCUT2D eigenvalue weighted by Crippen LogP contribution is -2.17. The van der Waals surface area contributed by atoms with Crippen LogP contribution in [0.15, 0.2) is 206 Å². The van der Waals surface area contributed by atoms with Crippen LogP contribution in [0.5, 0.6) is 0 Å². The number of rotatable bonds is 7. The molecule has 260 valence electrons. The van der Waals surface area contributed by atoms with E-state index in [2.05, 4.69) is 218 Å². The van der Waals surface area contributed by atoms with Crippen LogP contribution in [0.2, 0.25) is 0 Å². The standard InChI is InChI=1S/C54H39N/c1-37-17-8-15-30-52(37)55(42-22-6-3-7-23-42)36-41-32-33-45(46-26-12-11-25-44(41)46)40-31-34-50-51(35-40)53(39-19-4-2-5-20-39)48-27-13-14-28-49(48)54(50)47-29-16-21-38-18-9-10-24-43(38)47/h2-35H,36H2,1H3. The van der Waals surface area contributed by atoms with E-state index in [1.165, 1.54) is 99.0 Å². The van der Waals surface area contributed by atoms with Crippen molar-refractivity contribution in [2.24, 2.45) is 0 Å². The monoisotopic (exact) mass is 701 g/mol. The van der Waals surface area contributed by atoms with Crippen molar-refractivity contribution in [3.63, 3.8) is 0 Å². The van der Waals surface area contributed by atoms with Gasteiger partial charge in [0.05, 0.1) is 0 Å². The van der Waals surface area contributed by atoms with Crippen molar-refractivity contribution in [3.05, 3.63) is 217 Å².